The predicted molar refractivity (Wildman–Crippen MR) is 164 cm³/mol. The Morgan fingerprint density at radius 2 is 1.76 bits per heavy atom. The first-order valence-electron chi connectivity index (χ1n) is 15.1. The SMILES string of the molecule is COCC(=O)N[C@@H](C(=O)N1N=CCC[C@H]1C(=O)N[C@@H](Cc1ccccc1)[C@@H](O)[C@H](C)C(=O)N[C@@H]1CNC(=O)NC1=O)[C@H](O)C(C)C. The van der Waals surface area contributed by atoms with Crippen LogP contribution in [0.4, 0.5) is 4.79 Å². The molecule has 2 aliphatic rings. The number of hydrogen-bond acceptors (Lipinski definition) is 10. The molecule has 1 saturated heterocycles. The highest BCUT2D eigenvalue weighted by atomic mass is 16.5. The van der Waals surface area contributed by atoms with Gasteiger partial charge in [-0.05, 0) is 30.7 Å². The summed E-state index contributed by atoms with van der Waals surface area (Å²) in [4.78, 5) is 76.4. The summed E-state index contributed by atoms with van der Waals surface area (Å²) in [5.74, 6) is -5.08. The molecule has 0 bridgehead atoms. The lowest BCUT2D eigenvalue weighted by Gasteiger charge is -2.36. The van der Waals surface area contributed by atoms with Gasteiger partial charge in [0.1, 0.15) is 24.7 Å². The fraction of sp³-hybridized carbons (Fsp3) is 0.567. The zero-order valence-electron chi connectivity index (χ0n) is 26.3. The lowest BCUT2D eigenvalue weighted by atomic mass is 9.91. The fourth-order valence-corrected chi connectivity index (χ4v) is 5.06. The number of ether oxygens (including phenoxy) is 1. The number of methoxy groups -OCH3 is 1. The van der Waals surface area contributed by atoms with Gasteiger partial charge in [0.05, 0.1) is 24.2 Å². The van der Waals surface area contributed by atoms with Crippen LogP contribution in [-0.4, -0.2) is 114 Å². The topological polar surface area (TPSA) is 228 Å². The van der Waals surface area contributed by atoms with Crippen molar-refractivity contribution in [1.82, 2.24) is 31.6 Å². The van der Waals surface area contributed by atoms with Gasteiger partial charge in [0.2, 0.25) is 17.7 Å². The molecule has 1 aromatic rings. The van der Waals surface area contributed by atoms with E-state index in [0.29, 0.717) is 6.42 Å². The van der Waals surface area contributed by atoms with E-state index in [4.69, 9.17) is 4.74 Å². The minimum atomic E-state index is -1.45. The summed E-state index contributed by atoms with van der Waals surface area (Å²) in [6, 6.07) is 3.57. The van der Waals surface area contributed by atoms with Gasteiger partial charge in [0.15, 0.2) is 0 Å². The lowest BCUT2D eigenvalue weighted by molar-refractivity contribution is -0.148. The van der Waals surface area contributed by atoms with Gasteiger partial charge in [-0.15, -0.1) is 0 Å². The molecule has 252 valence electrons. The van der Waals surface area contributed by atoms with E-state index >= 15 is 0 Å². The summed E-state index contributed by atoms with van der Waals surface area (Å²) in [6.45, 7) is 4.28. The van der Waals surface area contributed by atoms with Crippen molar-refractivity contribution in [2.45, 2.75) is 76.4 Å². The standard InChI is InChI=1S/C30H43N7O9/c1-16(2)24(39)23(35-22(38)15-46-4)29(44)37-21(11-8-12-32-37)28(43)33-19(13-18-9-6-5-7-10-18)25(40)17(3)26(41)34-20-14-31-30(45)36-27(20)42/h5-7,9-10,12,16-17,19-21,23-25,39-40H,8,11,13-15H2,1-4H3,(H,33,43)(H,34,41)(H,35,38)(H2,31,36,42,45)/t17-,19-,20+,21-,23+,24+,25-/m0/s1. The second-order valence-electron chi connectivity index (χ2n) is 11.6. The average molecular weight is 646 g/mol. The Balaban J connectivity index is 1.82. The highest BCUT2D eigenvalue weighted by Crippen LogP contribution is 2.20. The Labute approximate surface area is 266 Å². The second-order valence-corrected chi connectivity index (χ2v) is 11.6. The molecule has 0 unspecified atom stereocenters. The Bertz CT molecular complexity index is 1290. The summed E-state index contributed by atoms with van der Waals surface area (Å²) in [7, 11) is 1.31. The van der Waals surface area contributed by atoms with Crippen LogP contribution in [0, 0.1) is 11.8 Å². The van der Waals surface area contributed by atoms with Crippen LogP contribution < -0.4 is 26.6 Å². The van der Waals surface area contributed by atoms with E-state index in [-0.39, 0.29) is 26.0 Å². The number of hydrogen-bond donors (Lipinski definition) is 7. The molecule has 16 heteroatoms. The van der Waals surface area contributed by atoms with E-state index < -0.39 is 83.8 Å². The normalized spacial score (nSPS) is 21.2. The van der Waals surface area contributed by atoms with Gasteiger partial charge < -0.3 is 36.2 Å². The second kappa shape index (κ2) is 16.8. The van der Waals surface area contributed by atoms with Crippen molar-refractivity contribution in [2.75, 3.05) is 20.3 Å². The minimum Gasteiger partial charge on any atom is -0.390 e. The summed E-state index contributed by atoms with van der Waals surface area (Å²) in [5.41, 5.74) is 0.740. The maximum absolute atomic E-state index is 13.8. The van der Waals surface area contributed by atoms with E-state index in [1.54, 1.807) is 44.2 Å². The van der Waals surface area contributed by atoms with Crippen molar-refractivity contribution in [3.8, 4) is 0 Å². The van der Waals surface area contributed by atoms with Crippen molar-refractivity contribution >= 4 is 41.8 Å². The minimum absolute atomic E-state index is 0.108. The molecule has 7 atom stereocenters. The molecule has 0 saturated carbocycles. The first-order valence-corrected chi connectivity index (χ1v) is 15.1. The van der Waals surface area contributed by atoms with Crippen LogP contribution in [0.15, 0.2) is 35.4 Å². The molecule has 0 radical (unpaired) electrons. The van der Waals surface area contributed by atoms with Crippen LogP contribution in [-0.2, 0) is 35.1 Å². The van der Waals surface area contributed by atoms with Crippen molar-refractivity contribution in [3.63, 3.8) is 0 Å². The largest absolute Gasteiger partial charge is 0.390 e. The van der Waals surface area contributed by atoms with E-state index in [1.807, 2.05) is 0 Å². The maximum Gasteiger partial charge on any atom is 0.321 e. The molecule has 7 N–H and O–H groups in total. The molecule has 2 aliphatic heterocycles. The van der Waals surface area contributed by atoms with E-state index in [2.05, 4.69) is 31.7 Å². The van der Waals surface area contributed by atoms with Crippen LogP contribution in [0.3, 0.4) is 0 Å². The van der Waals surface area contributed by atoms with Gasteiger partial charge in [-0.25, -0.2) is 9.80 Å². The number of carbonyl (C=O) groups excluding carboxylic acids is 6. The zero-order valence-corrected chi connectivity index (χ0v) is 26.3. The van der Waals surface area contributed by atoms with Crippen molar-refractivity contribution < 1.29 is 43.7 Å². The number of nitrogens with one attached hydrogen (secondary N) is 5. The predicted octanol–water partition coefficient (Wildman–Crippen LogP) is -1.84. The number of imide groups is 1. The van der Waals surface area contributed by atoms with Crippen molar-refractivity contribution in [3.05, 3.63) is 35.9 Å². The molecule has 7 amide bonds. The first-order chi connectivity index (χ1) is 21.8. The van der Waals surface area contributed by atoms with Gasteiger partial charge in [-0.1, -0.05) is 51.1 Å². The fourth-order valence-electron chi connectivity index (χ4n) is 5.06. The Morgan fingerprint density at radius 1 is 1.07 bits per heavy atom. The van der Waals surface area contributed by atoms with Gasteiger partial charge in [-0.2, -0.15) is 5.10 Å². The number of hydrazone groups is 1. The number of aliphatic hydroxyl groups excluding tert-OH is 2. The van der Waals surface area contributed by atoms with Gasteiger partial charge in [0.25, 0.3) is 11.8 Å². The van der Waals surface area contributed by atoms with Crippen LogP contribution in [0.25, 0.3) is 0 Å². The third-order valence-corrected chi connectivity index (χ3v) is 7.78. The number of amides is 7. The monoisotopic (exact) mass is 645 g/mol. The molecule has 1 aromatic carbocycles. The average Bonchev–Trinajstić information content (AvgIpc) is 3.03. The van der Waals surface area contributed by atoms with Crippen LogP contribution in [0.5, 0.6) is 0 Å². The van der Waals surface area contributed by atoms with E-state index in [1.165, 1.54) is 20.2 Å². The summed E-state index contributed by atoms with van der Waals surface area (Å²) in [6.07, 6.45) is -0.697. The van der Waals surface area contributed by atoms with Crippen molar-refractivity contribution in [1.29, 1.82) is 0 Å². The van der Waals surface area contributed by atoms with Crippen LogP contribution >= 0.6 is 0 Å². The zero-order chi connectivity index (χ0) is 34.0. The molecule has 3 rings (SSSR count). The number of urea groups is 1. The first kappa shape index (κ1) is 36.1. The number of benzene rings is 1. The number of rotatable bonds is 14. The molecule has 46 heavy (non-hydrogen) atoms. The Hall–Kier alpha value is -4.41. The molecule has 0 spiro atoms. The quantitative estimate of drug-likeness (QED) is 0.120. The maximum atomic E-state index is 13.8. The smallest absolute Gasteiger partial charge is 0.321 e. The third-order valence-electron chi connectivity index (χ3n) is 7.78. The highest BCUT2D eigenvalue weighted by molar-refractivity contribution is 6.01. The number of nitrogens with zero attached hydrogens (tertiary/aromatic N) is 2. The van der Waals surface area contributed by atoms with Gasteiger partial charge in [-0.3, -0.25) is 29.3 Å². The number of aliphatic hydroxyl groups is 2. The molecule has 16 nitrogen and oxygen atoms in total. The van der Waals surface area contributed by atoms with E-state index in [9.17, 15) is 39.0 Å². The molecular formula is C30H43N7O9. The lowest BCUT2D eigenvalue weighted by Crippen LogP contribution is -2.63. The summed E-state index contributed by atoms with van der Waals surface area (Å²) in [5, 5.41) is 39.5. The van der Waals surface area contributed by atoms with Gasteiger partial charge >= 0.3 is 6.03 Å². The van der Waals surface area contributed by atoms with Crippen LogP contribution in [0.1, 0.15) is 39.2 Å². The van der Waals surface area contributed by atoms with Crippen LogP contribution in [0.2, 0.25) is 0 Å². The van der Waals surface area contributed by atoms with Crippen molar-refractivity contribution in [2.24, 2.45) is 16.9 Å². The Morgan fingerprint density at radius 3 is 2.39 bits per heavy atom. The molecular weight excluding hydrogens is 602 g/mol. The highest BCUT2D eigenvalue weighted by Gasteiger charge is 2.41. The molecule has 2 heterocycles. The van der Waals surface area contributed by atoms with E-state index in [0.717, 1.165) is 10.6 Å². The third kappa shape index (κ3) is 9.55. The summed E-state index contributed by atoms with van der Waals surface area (Å²) < 4.78 is 4.83. The molecule has 0 aromatic heterocycles. The van der Waals surface area contributed by atoms with Gasteiger partial charge in [0, 0.05) is 19.9 Å². The molecule has 0 aliphatic carbocycles. The summed E-state index contributed by atoms with van der Waals surface area (Å²) >= 11 is 0. The number of carbonyl (C=O) groups is 6. The molecule has 1 fully saturated rings. The Kier molecular flexibility index (Phi) is 13.1.